The third-order valence-electron chi connectivity index (χ3n) is 6.93. The van der Waals surface area contributed by atoms with Crippen molar-refractivity contribution >= 4 is 45.8 Å². The van der Waals surface area contributed by atoms with Crippen molar-refractivity contribution in [3.05, 3.63) is 119 Å². The van der Waals surface area contributed by atoms with Crippen LogP contribution in [0.15, 0.2) is 101 Å². The third kappa shape index (κ3) is 7.45. The van der Waals surface area contributed by atoms with Crippen LogP contribution in [-0.2, 0) is 6.42 Å². The summed E-state index contributed by atoms with van der Waals surface area (Å²) < 4.78 is 5.73. The number of anilines is 2. The molecule has 0 aliphatic heterocycles. The molecule has 1 aliphatic carbocycles. The highest BCUT2D eigenvalue weighted by molar-refractivity contribution is 6.30. The van der Waals surface area contributed by atoms with Crippen molar-refractivity contribution in [3.63, 3.8) is 0 Å². The van der Waals surface area contributed by atoms with Crippen molar-refractivity contribution in [2.24, 2.45) is 0 Å². The lowest BCUT2D eigenvalue weighted by Crippen LogP contribution is -2.26. The molecule has 1 heterocycles. The highest BCUT2D eigenvalue weighted by Crippen LogP contribution is 2.27. The van der Waals surface area contributed by atoms with Crippen LogP contribution in [0.3, 0.4) is 0 Å². The number of allylic oxidation sites excluding steroid dienone is 1. The first-order valence-corrected chi connectivity index (χ1v) is 13.9. The monoisotopic (exact) mass is 569 g/mol. The molecule has 1 aromatic heterocycles. The number of hydrogen-bond acceptors (Lipinski definition) is 5. The first-order chi connectivity index (χ1) is 19.8. The number of aliphatic hydroxyl groups is 1. The Kier molecular flexibility index (Phi) is 8.57. The number of rotatable bonds is 10. The van der Waals surface area contributed by atoms with E-state index in [1.807, 2.05) is 60.7 Å². The molecule has 1 aliphatic rings. The summed E-state index contributed by atoms with van der Waals surface area (Å²) in [6, 6.07) is 21.8. The van der Waals surface area contributed by atoms with Gasteiger partial charge in [0.15, 0.2) is 5.76 Å². The van der Waals surface area contributed by atoms with Gasteiger partial charge in [0.25, 0.3) is 11.8 Å². The predicted octanol–water partition coefficient (Wildman–Crippen LogP) is 6.75. The first kappa shape index (κ1) is 28.2. The van der Waals surface area contributed by atoms with E-state index in [4.69, 9.17) is 16.0 Å². The van der Waals surface area contributed by atoms with Crippen molar-refractivity contribution in [2.45, 2.75) is 31.8 Å². The Labute approximate surface area is 243 Å². The molecule has 5 rings (SSSR count). The van der Waals surface area contributed by atoms with Gasteiger partial charge in [-0.3, -0.25) is 9.59 Å². The largest absolute Gasteiger partial charge is 0.451 e. The van der Waals surface area contributed by atoms with Gasteiger partial charge in [-0.15, -0.1) is 0 Å². The fraction of sp³-hybridized carbons (Fsp3) is 0.212. The SMILES string of the molecule is CC1(O)C=CC(CCNc2cc(C(=O)NCCc3cccc(Cl)c3)ccc2NC(=O)c2cc3ccccc3o2)=CC1. The lowest BCUT2D eigenvalue weighted by Gasteiger charge is -2.21. The standard InChI is InChI=1S/C33H32ClN3O4/c1-33(40)15-11-22(12-16-33)13-17-35-28-20-25(31(38)36-18-14-23-5-4-7-26(34)19-23)9-10-27(28)37-32(39)30-21-24-6-2-3-8-29(24)41-30/h2-12,15,19-21,35,40H,13-14,16-18H2,1H3,(H,36,38)(H,37,39). The van der Waals surface area contributed by atoms with Gasteiger partial charge in [-0.2, -0.15) is 0 Å². The van der Waals surface area contributed by atoms with E-state index in [0.29, 0.717) is 59.9 Å². The topological polar surface area (TPSA) is 104 Å². The summed E-state index contributed by atoms with van der Waals surface area (Å²) in [5, 5.41) is 20.9. The number of para-hydroxylation sites is 1. The summed E-state index contributed by atoms with van der Waals surface area (Å²) >= 11 is 6.07. The molecule has 0 saturated heterocycles. The zero-order valence-electron chi connectivity index (χ0n) is 22.7. The van der Waals surface area contributed by atoms with Gasteiger partial charge in [0, 0.05) is 29.1 Å². The Bertz CT molecular complexity index is 1600. The number of nitrogens with one attached hydrogen (secondary N) is 3. The van der Waals surface area contributed by atoms with E-state index in [2.05, 4.69) is 16.0 Å². The van der Waals surface area contributed by atoms with Crippen LogP contribution in [0.5, 0.6) is 0 Å². The highest BCUT2D eigenvalue weighted by atomic mass is 35.5. The summed E-state index contributed by atoms with van der Waals surface area (Å²) in [7, 11) is 0. The Morgan fingerprint density at radius 2 is 1.80 bits per heavy atom. The molecule has 4 N–H and O–H groups in total. The van der Waals surface area contributed by atoms with E-state index < -0.39 is 5.60 Å². The van der Waals surface area contributed by atoms with E-state index in [9.17, 15) is 14.7 Å². The predicted molar refractivity (Wildman–Crippen MR) is 164 cm³/mol. The van der Waals surface area contributed by atoms with Crippen LogP contribution < -0.4 is 16.0 Å². The maximum absolute atomic E-state index is 13.1. The van der Waals surface area contributed by atoms with E-state index in [1.54, 1.807) is 37.3 Å². The van der Waals surface area contributed by atoms with Gasteiger partial charge in [0.05, 0.1) is 17.0 Å². The molecule has 3 aromatic carbocycles. The lowest BCUT2D eigenvalue weighted by atomic mass is 9.93. The summed E-state index contributed by atoms with van der Waals surface area (Å²) in [4.78, 5) is 26.1. The van der Waals surface area contributed by atoms with E-state index >= 15 is 0 Å². The van der Waals surface area contributed by atoms with Gasteiger partial charge < -0.3 is 25.5 Å². The minimum atomic E-state index is -0.820. The number of amides is 2. The first-order valence-electron chi connectivity index (χ1n) is 13.6. The molecule has 0 fully saturated rings. The third-order valence-corrected chi connectivity index (χ3v) is 7.17. The fourth-order valence-corrected chi connectivity index (χ4v) is 4.83. The van der Waals surface area contributed by atoms with Crippen LogP contribution in [0.1, 0.15) is 46.2 Å². The van der Waals surface area contributed by atoms with Gasteiger partial charge in [-0.25, -0.2) is 0 Å². The van der Waals surface area contributed by atoms with Crippen molar-refractivity contribution < 1.29 is 19.1 Å². The van der Waals surface area contributed by atoms with E-state index in [1.165, 1.54) is 0 Å². The molecule has 7 nitrogen and oxygen atoms in total. The number of fused-ring (bicyclic) bond motifs is 1. The average Bonchev–Trinajstić information content (AvgIpc) is 3.39. The van der Waals surface area contributed by atoms with Crippen LogP contribution in [0.2, 0.25) is 5.02 Å². The number of carbonyl (C=O) groups excluding carboxylic acids is 2. The van der Waals surface area contributed by atoms with E-state index in [-0.39, 0.29) is 17.6 Å². The lowest BCUT2D eigenvalue weighted by molar-refractivity contribution is 0.0953. The quantitative estimate of drug-likeness (QED) is 0.169. The van der Waals surface area contributed by atoms with Crippen molar-refractivity contribution in [1.82, 2.24) is 5.32 Å². The molecule has 1 atom stereocenters. The number of carbonyl (C=O) groups is 2. The van der Waals surface area contributed by atoms with Crippen LogP contribution in [0.4, 0.5) is 11.4 Å². The second kappa shape index (κ2) is 12.5. The molecule has 0 saturated carbocycles. The fourth-order valence-electron chi connectivity index (χ4n) is 4.62. The Hall–Kier alpha value is -4.33. The van der Waals surface area contributed by atoms with Crippen molar-refractivity contribution in [1.29, 1.82) is 0 Å². The van der Waals surface area contributed by atoms with Gasteiger partial charge in [0.1, 0.15) is 5.58 Å². The molecule has 0 radical (unpaired) electrons. The van der Waals surface area contributed by atoms with Crippen molar-refractivity contribution in [2.75, 3.05) is 23.7 Å². The molecule has 8 heteroatoms. The van der Waals surface area contributed by atoms with Crippen LogP contribution in [-0.4, -0.2) is 35.6 Å². The number of furan rings is 1. The van der Waals surface area contributed by atoms with E-state index in [0.717, 1.165) is 16.5 Å². The Morgan fingerprint density at radius 3 is 2.59 bits per heavy atom. The number of benzene rings is 3. The smallest absolute Gasteiger partial charge is 0.291 e. The molecular weight excluding hydrogens is 538 g/mol. The highest BCUT2D eigenvalue weighted by Gasteiger charge is 2.19. The molecule has 0 spiro atoms. The number of halogens is 1. The van der Waals surface area contributed by atoms with Gasteiger partial charge in [0.2, 0.25) is 0 Å². The van der Waals surface area contributed by atoms with Gasteiger partial charge in [-0.1, -0.05) is 65.7 Å². The second-order valence-electron chi connectivity index (χ2n) is 10.3. The molecule has 2 amide bonds. The summed E-state index contributed by atoms with van der Waals surface area (Å²) in [5.41, 5.74) is 3.57. The molecule has 210 valence electrons. The van der Waals surface area contributed by atoms with Crippen LogP contribution in [0, 0.1) is 0 Å². The summed E-state index contributed by atoms with van der Waals surface area (Å²) in [5.74, 6) is -0.405. The molecule has 41 heavy (non-hydrogen) atoms. The molecule has 1 unspecified atom stereocenters. The molecular formula is C33H32ClN3O4. The van der Waals surface area contributed by atoms with Crippen LogP contribution >= 0.6 is 11.6 Å². The minimum Gasteiger partial charge on any atom is -0.451 e. The average molecular weight is 570 g/mol. The maximum Gasteiger partial charge on any atom is 0.291 e. The normalized spacial score (nSPS) is 16.3. The Balaban J connectivity index is 1.29. The maximum atomic E-state index is 13.1. The number of hydrogen-bond donors (Lipinski definition) is 4. The molecule has 0 bridgehead atoms. The zero-order valence-corrected chi connectivity index (χ0v) is 23.5. The zero-order chi connectivity index (χ0) is 28.8. The van der Waals surface area contributed by atoms with Crippen molar-refractivity contribution in [3.8, 4) is 0 Å². The van der Waals surface area contributed by atoms with Gasteiger partial charge >= 0.3 is 0 Å². The van der Waals surface area contributed by atoms with Crippen LogP contribution in [0.25, 0.3) is 11.0 Å². The summed E-state index contributed by atoms with van der Waals surface area (Å²) in [6.45, 7) is 2.79. The van der Waals surface area contributed by atoms with Gasteiger partial charge in [-0.05, 0) is 74.2 Å². The second-order valence-corrected chi connectivity index (χ2v) is 10.8. The minimum absolute atomic E-state index is 0.199. The molecule has 4 aromatic rings. The Morgan fingerprint density at radius 1 is 0.951 bits per heavy atom. The summed E-state index contributed by atoms with van der Waals surface area (Å²) in [6.07, 6.45) is 7.67.